The number of ether oxygens (including phenoxy) is 2. The Morgan fingerprint density at radius 1 is 0.767 bits per heavy atom. The van der Waals surface area contributed by atoms with E-state index < -0.39 is 0 Å². The fraction of sp³-hybridized carbons (Fsp3) is 0.269. The number of halogens is 1. The van der Waals surface area contributed by atoms with Gasteiger partial charge in [0.1, 0.15) is 6.61 Å². The molecule has 0 aliphatic heterocycles. The van der Waals surface area contributed by atoms with Crippen LogP contribution in [0.5, 0.6) is 0 Å². The second-order valence-electron chi connectivity index (χ2n) is 7.37. The summed E-state index contributed by atoms with van der Waals surface area (Å²) in [6, 6.07) is 28.2. The smallest absolute Gasteiger partial charge is 0.306 e. The first kappa shape index (κ1) is 22.3. The third-order valence-corrected chi connectivity index (χ3v) is 5.45. The van der Waals surface area contributed by atoms with Crippen molar-refractivity contribution in [1.29, 1.82) is 0 Å². The lowest BCUT2D eigenvalue weighted by Crippen LogP contribution is -2.16. The highest BCUT2D eigenvalue weighted by atomic mass is 79.9. The Kier molecular flexibility index (Phi) is 9.13. The number of carbonyl (C=O) groups excluding carboxylic acids is 1. The van der Waals surface area contributed by atoms with Crippen molar-refractivity contribution in [2.24, 2.45) is 5.92 Å². The lowest BCUT2D eigenvalue weighted by molar-refractivity contribution is -0.146. The maximum Gasteiger partial charge on any atom is 0.306 e. The molecule has 3 rings (SSSR count). The van der Waals surface area contributed by atoms with Crippen molar-refractivity contribution in [3.63, 3.8) is 0 Å². The quantitative estimate of drug-likeness (QED) is 0.244. The van der Waals surface area contributed by atoms with E-state index >= 15 is 0 Å². The maximum absolute atomic E-state index is 12.5. The third-order valence-electron chi connectivity index (χ3n) is 4.92. The van der Waals surface area contributed by atoms with Crippen molar-refractivity contribution in [3.8, 4) is 0 Å². The van der Waals surface area contributed by atoms with Crippen LogP contribution in [-0.4, -0.2) is 12.6 Å². The average molecular weight is 467 g/mol. The molecule has 30 heavy (non-hydrogen) atoms. The van der Waals surface area contributed by atoms with E-state index in [0.717, 1.165) is 28.4 Å². The van der Waals surface area contributed by atoms with Crippen LogP contribution < -0.4 is 0 Å². The summed E-state index contributed by atoms with van der Waals surface area (Å²) in [7, 11) is 0. The van der Waals surface area contributed by atoms with Crippen molar-refractivity contribution < 1.29 is 14.3 Å². The zero-order valence-corrected chi connectivity index (χ0v) is 18.6. The standard InChI is InChI=1S/C26H27BrO3/c27-25-13-11-21(12-14-25)17-24(15-16-29-19-22-7-3-1-4-8-22)18-26(28)30-20-23-9-5-2-6-10-23/h1-14,24H,15-20H2/t24-/m1/s1. The summed E-state index contributed by atoms with van der Waals surface area (Å²) in [6.07, 6.45) is 2.02. The Morgan fingerprint density at radius 2 is 1.37 bits per heavy atom. The van der Waals surface area contributed by atoms with E-state index in [1.54, 1.807) is 0 Å². The summed E-state index contributed by atoms with van der Waals surface area (Å²) in [5, 5.41) is 0. The molecule has 0 radical (unpaired) electrons. The summed E-state index contributed by atoms with van der Waals surface area (Å²) in [6.45, 7) is 1.52. The molecule has 3 nitrogen and oxygen atoms in total. The molecule has 0 aliphatic rings. The number of carbonyl (C=O) groups is 1. The van der Waals surface area contributed by atoms with Gasteiger partial charge in [-0.2, -0.15) is 0 Å². The van der Waals surface area contributed by atoms with E-state index in [-0.39, 0.29) is 11.9 Å². The van der Waals surface area contributed by atoms with Crippen molar-refractivity contribution >= 4 is 21.9 Å². The minimum Gasteiger partial charge on any atom is -0.461 e. The zero-order chi connectivity index (χ0) is 21.0. The summed E-state index contributed by atoms with van der Waals surface area (Å²) in [5.41, 5.74) is 3.37. The summed E-state index contributed by atoms with van der Waals surface area (Å²) in [4.78, 5) is 12.5. The first-order chi connectivity index (χ1) is 14.7. The molecule has 0 N–H and O–H groups in total. The van der Waals surface area contributed by atoms with Crippen LogP contribution in [-0.2, 0) is 33.9 Å². The number of esters is 1. The lowest BCUT2D eigenvalue weighted by Gasteiger charge is -2.17. The SMILES string of the molecule is O=C(C[C@H](CCOCc1ccccc1)Cc1ccc(Br)cc1)OCc1ccccc1. The van der Waals surface area contributed by atoms with E-state index in [1.807, 2.05) is 60.7 Å². The Morgan fingerprint density at radius 3 is 2.00 bits per heavy atom. The maximum atomic E-state index is 12.5. The second-order valence-corrected chi connectivity index (χ2v) is 8.29. The summed E-state index contributed by atoms with van der Waals surface area (Å²) >= 11 is 3.47. The topological polar surface area (TPSA) is 35.5 Å². The molecule has 0 amide bonds. The zero-order valence-electron chi connectivity index (χ0n) is 17.0. The average Bonchev–Trinajstić information content (AvgIpc) is 2.78. The molecule has 0 spiro atoms. The highest BCUT2D eigenvalue weighted by Gasteiger charge is 2.16. The van der Waals surface area contributed by atoms with Crippen LogP contribution in [0.15, 0.2) is 89.4 Å². The first-order valence-corrected chi connectivity index (χ1v) is 11.0. The molecule has 0 fully saturated rings. The Hall–Kier alpha value is -2.43. The molecule has 0 heterocycles. The molecule has 0 saturated carbocycles. The fourth-order valence-corrected chi connectivity index (χ4v) is 3.54. The molecule has 3 aromatic carbocycles. The Bertz CT molecular complexity index is 879. The molecule has 0 unspecified atom stereocenters. The fourth-order valence-electron chi connectivity index (χ4n) is 3.28. The molecule has 156 valence electrons. The Labute approximate surface area is 187 Å². The van der Waals surface area contributed by atoms with Gasteiger partial charge in [-0.15, -0.1) is 0 Å². The minimum absolute atomic E-state index is 0.163. The molecule has 3 aromatic rings. The number of hydrogen-bond acceptors (Lipinski definition) is 3. The van der Waals surface area contributed by atoms with E-state index in [4.69, 9.17) is 9.47 Å². The van der Waals surface area contributed by atoms with Gasteiger partial charge in [0.2, 0.25) is 0 Å². The van der Waals surface area contributed by atoms with Crippen LogP contribution in [0.1, 0.15) is 29.5 Å². The summed E-state index contributed by atoms with van der Waals surface area (Å²) < 4.78 is 12.4. The van der Waals surface area contributed by atoms with Gasteiger partial charge in [0.15, 0.2) is 0 Å². The van der Waals surface area contributed by atoms with Gasteiger partial charge >= 0.3 is 5.97 Å². The molecule has 0 aliphatic carbocycles. The van der Waals surface area contributed by atoms with Crippen LogP contribution in [0.2, 0.25) is 0 Å². The van der Waals surface area contributed by atoms with Crippen molar-refractivity contribution in [3.05, 3.63) is 106 Å². The van der Waals surface area contributed by atoms with Crippen molar-refractivity contribution in [1.82, 2.24) is 0 Å². The predicted octanol–water partition coefficient (Wildman–Crippen LogP) is 6.35. The molecule has 0 saturated heterocycles. The van der Waals surface area contributed by atoms with Gasteiger partial charge in [0.05, 0.1) is 6.61 Å². The van der Waals surface area contributed by atoms with Crippen molar-refractivity contribution in [2.75, 3.05) is 6.61 Å². The minimum atomic E-state index is -0.163. The molecular weight excluding hydrogens is 440 g/mol. The molecule has 0 bridgehead atoms. The van der Waals surface area contributed by atoms with E-state index in [9.17, 15) is 4.79 Å². The van der Waals surface area contributed by atoms with Crippen LogP contribution in [0.3, 0.4) is 0 Å². The monoisotopic (exact) mass is 466 g/mol. The van der Waals surface area contributed by atoms with Crippen LogP contribution in [0, 0.1) is 5.92 Å². The van der Waals surface area contributed by atoms with E-state index in [0.29, 0.717) is 26.2 Å². The van der Waals surface area contributed by atoms with Gasteiger partial charge in [-0.05, 0) is 47.6 Å². The van der Waals surface area contributed by atoms with E-state index in [1.165, 1.54) is 5.56 Å². The lowest BCUT2D eigenvalue weighted by atomic mass is 9.93. The third kappa shape index (κ3) is 8.13. The Balaban J connectivity index is 1.51. The number of rotatable bonds is 11. The summed E-state index contributed by atoms with van der Waals surface area (Å²) in [5.74, 6) is 0.00856. The molecular formula is C26H27BrO3. The number of hydrogen-bond donors (Lipinski definition) is 0. The highest BCUT2D eigenvalue weighted by molar-refractivity contribution is 9.10. The number of benzene rings is 3. The predicted molar refractivity (Wildman–Crippen MR) is 123 cm³/mol. The van der Waals surface area contributed by atoms with Gasteiger partial charge in [-0.3, -0.25) is 4.79 Å². The first-order valence-electron chi connectivity index (χ1n) is 10.2. The molecule has 4 heteroatoms. The molecule has 0 aromatic heterocycles. The van der Waals surface area contributed by atoms with E-state index in [2.05, 4.69) is 40.2 Å². The normalized spacial score (nSPS) is 11.8. The highest BCUT2D eigenvalue weighted by Crippen LogP contribution is 2.20. The largest absolute Gasteiger partial charge is 0.461 e. The molecule has 1 atom stereocenters. The van der Waals surface area contributed by atoms with Gasteiger partial charge in [-0.1, -0.05) is 88.7 Å². The van der Waals surface area contributed by atoms with Crippen molar-refractivity contribution in [2.45, 2.75) is 32.5 Å². The second kappa shape index (κ2) is 12.3. The van der Waals surface area contributed by atoms with Crippen LogP contribution >= 0.6 is 15.9 Å². The van der Waals surface area contributed by atoms with Gasteiger partial charge in [-0.25, -0.2) is 0 Å². The van der Waals surface area contributed by atoms with Gasteiger partial charge in [0.25, 0.3) is 0 Å². The van der Waals surface area contributed by atoms with Gasteiger partial charge < -0.3 is 9.47 Å². The van der Waals surface area contributed by atoms with Crippen LogP contribution in [0.25, 0.3) is 0 Å². The van der Waals surface area contributed by atoms with Gasteiger partial charge in [0, 0.05) is 17.5 Å². The van der Waals surface area contributed by atoms with Crippen LogP contribution in [0.4, 0.5) is 0 Å².